The smallest absolute Gasteiger partial charge is 0.253 e. The summed E-state index contributed by atoms with van der Waals surface area (Å²) in [5.74, 6) is -1.80. The number of rotatable bonds is 8. The maximum absolute atomic E-state index is 14.7. The van der Waals surface area contributed by atoms with Gasteiger partial charge in [0.05, 0.1) is 12.3 Å². The second-order valence-corrected chi connectivity index (χ2v) is 8.28. The molecule has 1 heterocycles. The quantitative estimate of drug-likeness (QED) is 0.618. The molecular formula is C21H27FN4O4. The first-order valence-corrected chi connectivity index (χ1v) is 10.5. The van der Waals surface area contributed by atoms with E-state index in [1.165, 1.54) is 23.5 Å². The zero-order valence-electron chi connectivity index (χ0n) is 16.8. The number of hydrogen-bond acceptors (Lipinski definition) is 5. The molecule has 8 nitrogen and oxygen atoms in total. The van der Waals surface area contributed by atoms with Crippen molar-refractivity contribution >= 4 is 29.1 Å². The molecule has 0 aromatic heterocycles. The van der Waals surface area contributed by atoms with Crippen LogP contribution in [0.25, 0.3) is 0 Å². The number of nitrogens with one attached hydrogen (secondary N) is 1. The summed E-state index contributed by atoms with van der Waals surface area (Å²) < 4.78 is 19.8. The molecule has 30 heavy (non-hydrogen) atoms. The Morgan fingerprint density at radius 3 is 2.63 bits per heavy atom. The van der Waals surface area contributed by atoms with Gasteiger partial charge in [0.25, 0.3) is 11.8 Å². The van der Waals surface area contributed by atoms with E-state index in [4.69, 9.17) is 10.5 Å². The first-order chi connectivity index (χ1) is 14.4. The molecular weight excluding hydrogens is 391 g/mol. The summed E-state index contributed by atoms with van der Waals surface area (Å²) in [5.41, 5.74) is 5.93. The molecule has 1 aromatic carbocycles. The van der Waals surface area contributed by atoms with Crippen LogP contribution >= 0.6 is 0 Å². The number of amides is 3. The number of nitrogens with zero attached hydrogens (tertiary/aromatic N) is 2. The fourth-order valence-corrected chi connectivity index (χ4v) is 4.05. The van der Waals surface area contributed by atoms with E-state index in [2.05, 4.69) is 5.32 Å². The van der Waals surface area contributed by atoms with E-state index in [-0.39, 0.29) is 24.2 Å². The summed E-state index contributed by atoms with van der Waals surface area (Å²) in [4.78, 5) is 40.3. The maximum atomic E-state index is 14.7. The predicted octanol–water partition coefficient (Wildman–Crippen LogP) is 1.25. The Labute approximate surface area is 174 Å². The Bertz CT molecular complexity index is 840. The molecule has 0 radical (unpaired) electrons. The molecule has 1 aromatic rings. The van der Waals surface area contributed by atoms with Gasteiger partial charge in [-0.2, -0.15) is 0 Å². The van der Waals surface area contributed by atoms with Gasteiger partial charge in [-0.15, -0.1) is 0 Å². The summed E-state index contributed by atoms with van der Waals surface area (Å²) in [6.45, 7) is 1.33. The van der Waals surface area contributed by atoms with Gasteiger partial charge in [-0.25, -0.2) is 4.39 Å². The Kier molecular flexibility index (Phi) is 6.01. The lowest BCUT2D eigenvalue weighted by molar-refractivity contribution is -0.133. The van der Waals surface area contributed by atoms with Crippen LogP contribution in [0.3, 0.4) is 0 Å². The average molecular weight is 418 g/mol. The van der Waals surface area contributed by atoms with Crippen molar-refractivity contribution in [3.8, 4) is 0 Å². The number of benzene rings is 1. The minimum atomic E-state index is -1.13. The zero-order chi connectivity index (χ0) is 21.3. The van der Waals surface area contributed by atoms with Gasteiger partial charge in [0.1, 0.15) is 12.4 Å². The third-order valence-electron chi connectivity index (χ3n) is 6.07. The molecule has 1 aliphatic heterocycles. The topological polar surface area (TPSA) is 105 Å². The Morgan fingerprint density at radius 2 is 2.07 bits per heavy atom. The molecule has 1 atom stereocenters. The lowest BCUT2D eigenvalue weighted by atomic mass is 9.84. The van der Waals surface area contributed by atoms with Crippen molar-refractivity contribution in [3.05, 3.63) is 24.0 Å². The highest BCUT2D eigenvalue weighted by Crippen LogP contribution is 2.34. The summed E-state index contributed by atoms with van der Waals surface area (Å²) in [5, 5.41) is 2.52. The molecule has 3 N–H and O–H groups in total. The van der Waals surface area contributed by atoms with Crippen LogP contribution in [-0.2, 0) is 19.1 Å². The van der Waals surface area contributed by atoms with Gasteiger partial charge in [-0.3, -0.25) is 19.3 Å². The number of ether oxygens (including phenoxy) is 1. The van der Waals surface area contributed by atoms with E-state index in [9.17, 15) is 18.8 Å². The van der Waals surface area contributed by atoms with Gasteiger partial charge in [-0.1, -0.05) is 6.42 Å². The molecule has 3 aliphatic rings. The number of morpholine rings is 1. The molecule has 3 fully saturated rings. The van der Waals surface area contributed by atoms with Crippen LogP contribution < -0.4 is 16.0 Å². The van der Waals surface area contributed by atoms with E-state index in [0.29, 0.717) is 31.3 Å². The largest absolute Gasteiger partial charge is 0.370 e. The van der Waals surface area contributed by atoms with Crippen molar-refractivity contribution in [2.45, 2.75) is 44.2 Å². The van der Waals surface area contributed by atoms with Gasteiger partial charge in [0.15, 0.2) is 6.04 Å². The Hall–Kier alpha value is -2.52. The van der Waals surface area contributed by atoms with Crippen molar-refractivity contribution in [2.75, 3.05) is 36.5 Å². The molecule has 4 rings (SSSR count). The van der Waals surface area contributed by atoms with Gasteiger partial charge >= 0.3 is 0 Å². The van der Waals surface area contributed by atoms with Crippen LogP contribution in [0.2, 0.25) is 0 Å². The standard InChI is InChI=1S/C21H27FN4O4/c22-16-10-15(25-8-9-30-12-18(25)27)6-7-17(16)24-21(29)19(20(23)28)26(14-4-5-14)11-13-2-1-3-13/h6-7,10,13-14,19H,1-5,8-9,11-12H2,(H2,23,28)(H,24,29)/t19-/m1/s1. The van der Waals surface area contributed by atoms with E-state index < -0.39 is 23.7 Å². The number of primary amides is 1. The van der Waals surface area contributed by atoms with Crippen molar-refractivity contribution in [1.29, 1.82) is 0 Å². The lowest BCUT2D eigenvalue weighted by Crippen LogP contribution is -2.54. The third kappa shape index (κ3) is 4.46. The minimum Gasteiger partial charge on any atom is -0.370 e. The fourth-order valence-electron chi connectivity index (χ4n) is 4.05. The molecule has 3 amide bonds. The Balaban J connectivity index is 1.48. The normalized spacial score (nSPS) is 20.7. The fraction of sp³-hybridized carbons (Fsp3) is 0.571. The number of carbonyl (C=O) groups is 3. The van der Waals surface area contributed by atoms with E-state index in [1.807, 2.05) is 4.90 Å². The van der Waals surface area contributed by atoms with Gasteiger partial charge in [0, 0.05) is 24.8 Å². The van der Waals surface area contributed by atoms with Crippen molar-refractivity contribution in [3.63, 3.8) is 0 Å². The summed E-state index contributed by atoms with van der Waals surface area (Å²) in [7, 11) is 0. The van der Waals surface area contributed by atoms with E-state index >= 15 is 0 Å². The van der Waals surface area contributed by atoms with Crippen molar-refractivity contribution in [1.82, 2.24) is 4.90 Å². The van der Waals surface area contributed by atoms with Gasteiger partial charge in [0.2, 0.25) is 5.91 Å². The minimum absolute atomic E-state index is 0.0433. The molecule has 1 saturated heterocycles. The number of nitrogens with two attached hydrogens (primary N) is 1. The zero-order valence-corrected chi connectivity index (χ0v) is 16.8. The summed E-state index contributed by atoms with van der Waals surface area (Å²) >= 11 is 0. The number of hydrogen-bond donors (Lipinski definition) is 2. The van der Waals surface area contributed by atoms with Crippen LogP contribution in [0.5, 0.6) is 0 Å². The molecule has 162 valence electrons. The second kappa shape index (κ2) is 8.69. The maximum Gasteiger partial charge on any atom is 0.253 e. The van der Waals surface area contributed by atoms with Crippen LogP contribution in [0.1, 0.15) is 32.1 Å². The predicted molar refractivity (Wildman–Crippen MR) is 108 cm³/mol. The molecule has 2 aliphatic carbocycles. The number of halogens is 1. The van der Waals surface area contributed by atoms with Crippen LogP contribution in [-0.4, -0.2) is 61.0 Å². The van der Waals surface area contributed by atoms with Crippen molar-refractivity contribution in [2.24, 2.45) is 11.7 Å². The van der Waals surface area contributed by atoms with Gasteiger partial charge in [-0.05, 0) is 49.8 Å². The first-order valence-electron chi connectivity index (χ1n) is 10.5. The molecule has 9 heteroatoms. The summed E-state index contributed by atoms with van der Waals surface area (Å²) in [6, 6.07) is 3.21. The molecule has 0 bridgehead atoms. The summed E-state index contributed by atoms with van der Waals surface area (Å²) in [6.07, 6.45) is 5.21. The van der Waals surface area contributed by atoms with Gasteiger partial charge < -0.3 is 20.7 Å². The third-order valence-corrected chi connectivity index (χ3v) is 6.07. The first kappa shape index (κ1) is 20.7. The van der Waals surface area contributed by atoms with Crippen LogP contribution in [0.4, 0.5) is 15.8 Å². The lowest BCUT2D eigenvalue weighted by Gasteiger charge is -2.35. The SMILES string of the molecule is NC(=O)[C@H](C(=O)Nc1ccc(N2CCOCC2=O)cc1F)N(CC1CCC1)C1CC1. The highest BCUT2D eigenvalue weighted by molar-refractivity contribution is 6.09. The second-order valence-electron chi connectivity index (χ2n) is 8.28. The van der Waals surface area contributed by atoms with E-state index in [0.717, 1.165) is 25.7 Å². The highest BCUT2D eigenvalue weighted by atomic mass is 19.1. The average Bonchev–Trinajstić information content (AvgIpc) is 3.50. The molecule has 0 spiro atoms. The molecule has 0 unspecified atom stereocenters. The Morgan fingerprint density at radius 1 is 1.30 bits per heavy atom. The van der Waals surface area contributed by atoms with E-state index in [1.54, 1.807) is 6.07 Å². The van der Waals surface area contributed by atoms with Crippen LogP contribution in [0.15, 0.2) is 18.2 Å². The van der Waals surface area contributed by atoms with Crippen LogP contribution in [0, 0.1) is 11.7 Å². The molecule has 2 saturated carbocycles. The highest BCUT2D eigenvalue weighted by Gasteiger charge is 2.42. The monoisotopic (exact) mass is 418 g/mol. The number of carbonyl (C=O) groups excluding carboxylic acids is 3. The number of anilines is 2. The van der Waals surface area contributed by atoms with Crippen molar-refractivity contribution < 1.29 is 23.5 Å².